The second kappa shape index (κ2) is 4.48. The van der Waals surface area contributed by atoms with Gasteiger partial charge in [-0.25, -0.2) is 9.78 Å². The van der Waals surface area contributed by atoms with Crippen molar-refractivity contribution in [1.82, 2.24) is 14.9 Å². The number of aromatic nitrogens is 2. The van der Waals surface area contributed by atoms with Crippen molar-refractivity contribution in [3.8, 4) is 0 Å². The second-order valence-corrected chi connectivity index (χ2v) is 4.05. The minimum absolute atomic E-state index is 0.0237. The Balaban J connectivity index is 2.22. The summed E-state index contributed by atoms with van der Waals surface area (Å²) in [5.74, 6) is -1.37. The summed E-state index contributed by atoms with van der Waals surface area (Å²) < 4.78 is 0. The summed E-state index contributed by atoms with van der Waals surface area (Å²) in [5.41, 5.74) is 0.188. The SMILES string of the molecule is CC(C(=O)O)N(C(=O)c1cnccn1)C1CC1. The van der Waals surface area contributed by atoms with Gasteiger partial charge in [0.2, 0.25) is 0 Å². The fraction of sp³-hybridized carbons (Fsp3) is 0.455. The monoisotopic (exact) mass is 235 g/mol. The van der Waals surface area contributed by atoms with E-state index >= 15 is 0 Å². The van der Waals surface area contributed by atoms with Crippen molar-refractivity contribution in [3.63, 3.8) is 0 Å². The van der Waals surface area contributed by atoms with Crippen LogP contribution >= 0.6 is 0 Å². The largest absolute Gasteiger partial charge is 0.480 e. The Morgan fingerprint density at radius 1 is 1.47 bits per heavy atom. The summed E-state index contributed by atoms with van der Waals surface area (Å²) in [6, 6.07) is -0.812. The minimum atomic E-state index is -1.01. The Labute approximate surface area is 98.3 Å². The highest BCUT2D eigenvalue weighted by atomic mass is 16.4. The van der Waals surface area contributed by atoms with Crippen LogP contribution in [0.15, 0.2) is 18.6 Å². The maximum atomic E-state index is 12.1. The Bertz CT molecular complexity index is 431. The lowest BCUT2D eigenvalue weighted by molar-refractivity contribution is -0.141. The van der Waals surface area contributed by atoms with Gasteiger partial charge in [-0.2, -0.15) is 0 Å². The molecule has 1 N–H and O–H groups in total. The zero-order valence-corrected chi connectivity index (χ0v) is 9.41. The molecular weight excluding hydrogens is 222 g/mol. The van der Waals surface area contributed by atoms with Crippen molar-refractivity contribution in [2.75, 3.05) is 0 Å². The molecule has 0 spiro atoms. The first kappa shape index (κ1) is 11.5. The van der Waals surface area contributed by atoms with Gasteiger partial charge in [-0.3, -0.25) is 9.78 Å². The molecule has 1 aliphatic rings. The third-order valence-corrected chi connectivity index (χ3v) is 2.73. The van der Waals surface area contributed by atoms with Crippen molar-refractivity contribution < 1.29 is 14.7 Å². The van der Waals surface area contributed by atoms with Gasteiger partial charge in [0.05, 0.1) is 6.20 Å². The lowest BCUT2D eigenvalue weighted by Gasteiger charge is -2.25. The van der Waals surface area contributed by atoms with Crippen LogP contribution in [0.3, 0.4) is 0 Å². The van der Waals surface area contributed by atoms with Gasteiger partial charge in [0.25, 0.3) is 5.91 Å². The number of carboxylic acid groups (broad SMARTS) is 1. The first-order valence-electron chi connectivity index (χ1n) is 5.42. The smallest absolute Gasteiger partial charge is 0.326 e. The molecule has 2 rings (SSSR count). The van der Waals surface area contributed by atoms with E-state index in [1.807, 2.05) is 0 Å². The summed E-state index contributed by atoms with van der Waals surface area (Å²) >= 11 is 0. The predicted octanol–water partition coefficient (Wildman–Crippen LogP) is 0.554. The van der Waals surface area contributed by atoms with Crippen molar-refractivity contribution in [2.24, 2.45) is 0 Å². The number of hydrogen-bond donors (Lipinski definition) is 1. The summed E-state index contributed by atoms with van der Waals surface area (Å²) in [4.78, 5) is 32.2. The van der Waals surface area contributed by atoms with E-state index in [1.165, 1.54) is 30.4 Å². The van der Waals surface area contributed by atoms with Crippen LogP contribution in [0.2, 0.25) is 0 Å². The highest BCUT2D eigenvalue weighted by Crippen LogP contribution is 2.29. The van der Waals surface area contributed by atoms with Crippen LogP contribution in [0, 0.1) is 0 Å². The van der Waals surface area contributed by atoms with E-state index in [9.17, 15) is 9.59 Å². The molecule has 0 saturated heterocycles. The molecule has 1 aromatic heterocycles. The zero-order chi connectivity index (χ0) is 12.4. The average Bonchev–Trinajstić information content (AvgIpc) is 3.14. The van der Waals surface area contributed by atoms with Gasteiger partial charge in [-0.15, -0.1) is 0 Å². The molecule has 6 heteroatoms. The number of aliphatic carboxylic acids is 1. The van der Waals surface area contributed by atoms with Crippen LogP contribution in [0.1, 0.15) is 30.3 Å². The molecule has 1 heterocycles. The number of carbonyl (C=O) groups excluding carboxylic acids is 1. The molecular formula is C11H13N3O3. The number of carboxylic acids is 1. The molecule has 1 fully saturated rings. The number of nitrogens with zero attached hydrogens (tertiary/aromatic N) is 3. The van der Waals surface area contributed by atoms with E-state index in [0.29, 0.717) is 0 Å². The lowest BCUT2D eigenvalue weighted by Crippen LogP contribution is -2.45. The molecule has 1 aliphatic carbocycles. The fourth-order valence-corrected chi connectivity index (χ4v) is 1.67. The number of rotatable bonds is 4. The highest BCUT2D eigenvalue weighted by Gasteiger charge is 2.39. The standard InChI is InChI=1S/C11H13N3O3/c1-7(11(16)17)14(8-2-3-8)10(15)9-6-12-4-5-13-9/h4-8H,2-3H2,1H3,(H,16,17). The Morgan fingerprint density at radius 2 is 2.18 bits per heavy atom. The van der Waals surface area contributed by atoms with Gasteiger partial charge in [-0.1, -0.05) is 0 Å². The fourth-order valence-electron chi connectivity index (χ4n) is 1.67. The predicted molar refractivity (Wildman–Crippen MR) is 58.3 cm³/mol. The third kappa shape index (κ3) is 2.41. The van der Waals surface area contributed by atoms with Gasteiger partial charge in [0.1, 0.15) is 11.7 Å². The van der Waals surface area contributed by atoms with E-state index in [1.54, 1.807) is 0 Å². The van der Waals surface area contributed by atoms with Gasteiger partial charge < -0.3 is 10.0 Å². The van der Waals surface area contributed by atoms with E-state index in [4.69, 9.17) is 5.11 Å². The van der Waals surface area contributed by atoms with Crippen LogP contribution in [0.5, 0.6) is 0 Å². The molecule has 1 atom stereocenters. The first-order valence-corrected chi connectivity index (χ1v) is 5.42. The zero-order valence-electron chi connectivity index (χ0n) is 9.41. The summed E-state index contributed by atoms with van der Waals surface area (Å²) in [5, 5.41) is 8.99. The Hall–Kier alpha value is -1.98. The minimum Gasteiger partial charge on any atom is -0.480 e. The van der Waals surface area contributed by atoms with E-state index in [0.717, 1.165) is 12.8 Å². The molecule has 0 aliphatic heterocycles. The maximum Gasteiger partial charge on any atom is 0.326 e. The quantitative estimate of drug-likeness (QED) is 0.824. The molecule has 6 nitrogen and oxygen atoms in total. The van der Waals surface area contributed by atoms with Crippen LogP contribution < -0.4 is 0 Å². The summed E-state index contributed by atoms with van der Waals surface area (Å²) in [6.45, 7) is 1.51. The molecule has 0 radical (unpaired) electrons. The first-order chi connectivity index (χ1) is 8.11. The Kier molecular flexibility index (Phi) is 3.03. The van der Waals surface area contributed by atoms with Crippen LogP contribution in [-0.2, 0) is 4.79 Å². The van der Waals surface area contributed by atoms with Gasteiger partial charge in [-0.05, 0) is 19.8 Å². The van der Waals surface area contributed by atoms with Crippen molar-refractivity contribution in [2.45, 2.75) is 31.8 Å². The lowest BCUT2D eigenvalue weighted by atomic mass is 10.2. The van der Waals surface area contributed by atoms with Crippen LogP contribution in [0.4, 0.5) is 0 Å². The van der Waals surface area contributed by atoms with Crippen molar-refractivity contribution in [1.29, 1.82) is 0 Å². The summed E-state index contributed by atoms with van der Waals surface area (Å²) in [6.07, 6.45) is 5.95. The second-order valence-electron chi connectivity index (χ2n) is 4.05. The Morgan fingerprint density at radius 3 is 2.65 bits per heavy atom. The van der Waals surface area contributed by atoms with Crippen LogP contribution in [-0.4, -0.2) is 43.9 Å². The van der Waals surface area contributed by atoms with E-state index < -0.39 is 12.0 Å². The topological polar surface area (TPSA) is 83.4 Å². The van der Waals surface area contributed by atoms with Crippen molar-refractivity contribution >= 4 is 11.9 Å². The van der Waals surface area contributed by atoms with E-state index in [2.05, 4.69) is 9.97 Å². The molecule has 0 bridgehead atoms. The molecule has 0 aromatic carbocycles. The number of carbonyl (C=O) groups is 2. The van der Waals surface area contributed by atoms with Crippen molar-refractivity contribution in [3.05, 3.63) is 24.3 Å². The highest BCUT2D eigenvalue weighted by molar-refractivity contribution is 5.95. The molecule has 1 saturated carbocycles. The maximum absolute atomic E-state index is 12.1. The molecule has 17 heavy (non-hydrogen) atoms. The van der Waals surface area contributed by atoms with Gasteiger partial charge in [0, 0.05) is 18.4 Å². The molecule has 90 valence electrons. The summed E-state index contributed by atoms with van der Waals surface area (Å²) in [7, 11) is 0. The molecule has 1 aromatic rings. The number of amides is 1. The molecule has 1 unspecified atom stereocenters. The molecule has 1 amide bonds. The normalized spacial score (nSPS) is 16.3. The average molecular weight is 235 g/mol. The third-order valence-electron chi connectivity index (χ3n) is 2.73. The van der Waals surface area contributed by atoms with E-state index in [-0.39, 0.29) is 17.6 Å². The van der Waals surface area contributed by atoms with Gasteiger partial charge in [0.15, 0.2) is 0 Å². The van der Waals surface area contributed by atoms with Gasteiger partial charge >= 0.3 is 5.97 Å². The van der Waals surface area contributed by atoms with Crippen LogP contribution in [0.25, 0.3) is 0 Å². The number of hydrogen-bond acceptors (Lipinski definition) is 4.